The number of nitrogens with two attached hydrogens (primary N) is 1. The molecular weight excluding hydrogens is 262 g/mol. The van der Waals surface area contributed by atoms with E-state index in [0.717, 1.165) is 17.6 Å². The number of nitrogens with one attached hydrogen (secondary N) is 2. The first-order valence-corrected chi connectivity index (χ1v) is 6.88. The van der Waals surface area contributed by atoms with E-state index >= 15 is 0 Å². The first kappa shape index (κ1) is 13.4. The number of rotatable bonds is 5. The lowest BCUT2D eigenvalue weighted by Crippen LogP contribution is -2.15. The highest BCUT2D eigenvalue weighted by molar-refractivity contribution is 5.92. The van der Waals surface area contributed by atoms with Gasteiger partial charge in [0.25, 0.3) is 0 Å². The van der Waals surface area contributed by atoms with Crippen molar-refractivity contribution in [3.63, 3.8) is 0 Å². The zero-order valence-corrected chi connectivity index (χ0v) is 11.6. The van der Waals surface area contributed by atoms with Gasteiger partial charge in [-0.25, -0.2) is 0 Å². The molecule has 0 spiro atoms. The Labute approximate surface area is 123 Å². The standard InChI is InChI=1S/C17H17N3O/c18-17(21)13-4-1-3-12(9-13)10-19-11-14-5-2-6-16-15(14)7-8-20-16/h1-9,19-20H,10-11H2,(H2,18,21). The Bertz CT molecular complexity index is 776. The molecule has 4 nitrogen and oxygen atoms in total. The van der Waals surface area contributed by atoms with Gasteiger partial charge in [0.15, 0.2) is 0 Å². The molecule has 0 aliphatic rings. The molecule has 1 heterocycles. The highest BCUT2D eigenvalue weighted by Gasteiger charge is 2.03. The molecule has 106 valence electrons. The van der Waals surface area contributed by atoms with Gasteiger partial charge in [-0.3, -0.25) is 4.79 Å². The molecule has 0 saturated heterocycles. The van der Waals surface area contributed by atoms with Crippen LogP contribution in [0, 0.1) is 0 Å². The maximum absolute atomic E-state index is 11.2. The molecule has 3 aromatic rings. The summed E-state index contributed by atoms with van der Waals surface area (Å²) in [5.41, 5.74) is 9.28. The summed E-state index contributed by atoms with van der Waals surface area (Å²) in [6, 6.07) is 15.7. The van der Waals surface area contributed by atoms with Crippen molar-refractivity contribution < 1.29 is 4.79 Å². The number of primary amides is 1. The smallest absolute Gasteiger partial charge is 0.248 e. The van der Waals surface area contributed by atoms with Crippen LogP contribution in [0.15, 0.2) is 54.7 Å². The summed E-state index contributed by atoms with van der Waals surface area (Å²) in [5, 5.41) is 4.63. The molecule has 0 aliphatic carbocycles. The average Bonchev–Trinajstić information content (AvgIpc) is 2.97. The van der Waals surface area contributed by atoms with Crippen LogP contribution in [0.3, 0.4) is 0 Å². The highest BCUT2D eigenvalue weighted by Crippen LogP contribution is 2.17. The fourth-order valence-corrected chi connectivity index (χ4v) is 2.48. The number of carbonyl (C=O) groups is 1. The van der Waals surface area contributed by atoms with Gasteiger partial charge in [0.05, 0.1) is 0 Å². The number of amides is 1. The molecule has 2 aromatic carbocycles. The number of H-pyrrole nitrogens is 1. The quantitative estimate of drug-likeness (QED) is 0.671. The van der Waals surface area contributed by atoms with Crippen LogP contribution in [0.4, 0.5) is 0 Å². The molecule has 1 amide bonds. The minimum absolute atomic E-state index is 0.394. The molecule has 1 aromatic heterocycles. The third-order valence-corrected chi connectivity index (χ3v) is 3.54. The molecule has 0 bridgehead atoms. The van der Waals surface area contributed by atoms with E-state index < -0.39 is 5.91 Å². The Kier molecular flexibility index (Phi) is 3.71. The predicted molar refractivity (Wildman–Crippen MR) is 83.8 cm³/mol. The van der Waals surface area contributed by atoms with Gasteiger partial charge < -0.3 is 16.0 Å². The average molecular weight is 279 g/mol. The summed E-state index contributed by atoms with van der Waals surface area (Å²) in [6.45, 7) is 1.47. The summed E-state index contributed by atoms with van der Waals surface area (Å²) in [5.74, 6) is -0.394. The summed E-state index contributed by atoms with van der Waals surface area (Å²) in [4.78, 5) is 14.4. The monoisotopic (exact) mass is 279 g/mol. The molecule has 0 saturated carbocycles. The third-order valence-electron chi connectivity index (χ3n) is 3.54. The Morgan fingerprint density at radius 3 is 2.81 bits per heavy atom. The third kappa shape index (κ3) is 2.95. The fourth-order valence-electron chi connectivity index (χ4n) is 2.48. The number of hydrogen-bond acceptors (Lipinski definition) is 2. The molecular formula is C17H17N3O. The van der Waals surface area contributed by atoms with Crippen molar-refractivity contribution in [2.75, 3.05) is 0 Å². The molecule has 0 radical (unpaired) electrons. The van der Waals surface area contributed by atoms with Crippen molar-refractivity contribution in [2.24, 2.45) is 5.73 Å². The lowest BCUT2D eigenvalue weighted by Gasteiger charge is -2.07. The second kappa shape index (κ2) is 5.81. The van der Waals surface area contributed by atoms with Gasteiger partial charge >= 0.3 is 0 Å². The van der Waals surface area contributed by atoms with Crippen molar-refractivity contribution in [1.82, 2.24) is 10.3 Å². The fraction of sp³-hybridized carbons (Fsp3) is 0.118. The second-order valence-corrected chi connectivity index (χ2v) is 5.02. The first-order valence-electron chi connectivity index (χ1n) is 6.88. The van der Waals surface area contributed by atoms with Crippen molar-refractivity contribution in [1.29, 1.82) is 0 Å². The van der Waals surface area contributed by atoms with Crippen LogP contribution >= 0.6 is 0 Å². The van der Waals surface area contributed by atoms with Crippen LogP contribution in [0.1, 0.15) is 21.5 Å². The van der Waals surface area contributed by atoms with Crippen molar-refractivity contribution >= 4 is 16.8 Å². The lowest BCUT2D eigenvalue weighted by atomic mass is 10.1. The summed E-state index contributed by atoms with van der Waals surface area (Å²) in [7, 11) is 0. The molecule has 0 unspecified atom stereocenters. The van der Waals surface area contributed by atoms with Gasteiger partial charge in [0, 0.05) is 35.8 Å². The van der Waals surface area contributed by atoms with E-state index in [-0.39, 0.29) is 0 Å². The van der Waals surface area contributed by atoms with Crippen LogP contribution in [-0.4, -0.2) is 10.9 Å². The van der Waals surface area contributed by atoms with E-state index in [1.807, 2.05) is 30.5 Å². The second-order valence-electron chi connectivity index (χ2n) is 5.02. The topological polar surface area (TPSA) is 70.9 Å². The largest absolute Gasteiger partial charge is 0.366 e. The van der Waals surface area contributed by atoms with Crippen LogP contribution in [0.2, 0.25) is 0 Å². The van der Waals surface area contributed by atoms with Gasteiger partial charge in [-0.1, -0.05) is 24.3 Å². The molecule has 3 rings (SSSR count). The van der Waals surface area contributed by atoms with Crippen molar-refractivity contribution in [2.45, 2.75) is 13.1 Å². The van der Waals surface area contributed by atoms with Gasteiger partial charge in [0.2, 0.25) is 5.91 Å². The minimum atomic E-state index is -0.394. The first-order chi connectivity index (χ1) is 10.2. The number of benzene rings is 2. The minimum Gasteiger partial charge on any atom is -0.366 e. The SMILES string of the molecule is NC(=O)c1cccc(CNCc2cccc3[nH]ccc23)c1. The molecule has 4 N–H and O–H groups in total. The number of aromatic nitrogens is 1. The Morgan fingerprint density at radius 2 is 1.95 bits per heavy atom. The Morgan fingerprint density at radius 1 is 1.10 bits per heavy atom. The van der Waals surface area contributed by atoms with Crippen LogP contribution in [-0.2, 0) is 13.1 Å². The molecule has 0 fully saturated rings. The molecule has 0 aliphatic heterocycles. The van der Waals surface area contributed by atoms with Crippen LogP contribution < -0.4 is 11.1 Å². The number of fused-ring (bicyclic) bond motifs is 1. The van der Waals surface area contributed by atoms with E-state index in [4.69, 9.17) is 5.73 Å². The van der Waals surface area contributed by atoms with Crippen molar-refractivity contribution in [3.8, 4) is 0 Å². The van der Waals surface area contributed by atoms with Gasteiger partial charge in [-0.2, -0.15) is 0 Å². The van der Waals surface area contributed by atoms with E-state index in [2.05, 4.69) is 28.5 Å². The van der Waals surface area contributed by atoms with Crippen LogP contribution in [0.25, 0.3) is 10.9 Å². The molecule has 4 heteroatoms. The predicted octanol–water partition coefficient (Wildman–Crippen LogP) is 2.56. The molecule has 0 atom stereocenters. The van der Waals surface area contributed by atoms with Gasteiger partial charge in [-0.15, -0.1) is 0 Å². The number of aromatic amines is 1. The van der Waals surface area contributed by atoms with Crippen LogP contribution in [0.5, 0.6) is 0 Å². The van der Waals surface area contributed by atoms with E-state index in [1.165, 1.54) is 10.9 Å². The van der Waals surface area contributed by atoms with E-state index in [0.29, 0.717) is 12.1 Å². The summed E-state index contributed by atoms with van der Waals surface area (Å²) >= 11 is 0. The maximum Gasteiger partial charge on any atom is 0.248 e. The Hall–Kier alpha value is -2.59. The van der Waals surface area contributed by atoms with Gasteiger partial charge in [0.1, 0.15) is 0 Å². The highest BCUT2D eigenvalue weighted by atomic mass is 16.1. The number of hydrogen-bond donors (Lipinski definition) is 3. The normalized spacial score (nSPS) is 10.9. The lowest BCUT2D eigenvalue weighted by molar-refractivity contribution is 0.1000. The molecule has 21 heavy (non-hydrogen) atoms. The van der Waals surface area contributed by atoms with E-state index in [9.17, 15) is 4.79 Å². The van der Waals surface area contributed by atoms with Gasteiger partial charge in [-0.05, 0) is 35.4 Å². The Balaban J connectivity index is 1.67. The number of carbonyl (C=O) groups excluding carboxylic acids is 1. The zero-order valence-electron chi connectivity index (χ0n) is 11.6. The maximum atomic E-state index is 11.2. The van der Waals surface area contributed by atoms with Crippen molar-refractivity contribution in [3.05, 3.63) is 71.4 Å². The van der Waals surface area contributed by atoms with E-state index in [1.54, 1.807) is 6.07 Å². The summed E-state index contributed by atoms with van der Waals surface area (Å²) in [6.07, 6.45) is 1.95. The summed E-state index contributed by atoms with van der Waals surface area (Å²) < 4.78 is 0. The zero-order chi connectivity index (χ0) is 14.7.